The Hall–Kier alpha value is -3.75. The Balaban J connectivity index is 1.44. The molecule has 2 aromatic carbocycles. The summed E-state index contributed by atoms with van der Waals surface area (Å²) < 4.78 is 6.63. The van der Waals surface area contributed by atoms with Gasteiger partial charge in [0.05, 0.1) is 24.9 Å². The van der Waals surface area contributed by atoms with Crippen LogP contribution in [0.3, 0.4) is 0 Å². The molecule has 170 valence electrons. The number of carbonyl (C=O) groups excluding carboxylic acids is 1. The van der Waals surface area contributed by atoms with Gasteiger partial charge in [0.2, 0.25) is 5.91 Å². The van der Waals surface area contributed by atoms with E-state index in [4.69, 9.17) is 4.74 Å². The van der Waals surface area contributed by atoms with E-state index < -0.39 is 0 Å². The van der Waals surface area contributed by atoms with E-state index in [-0.39, 0.29) is 24.1 Å². The molecule has 1 amide bonds. The van der Waals surface area contributed by atoms with Gasteiger partial charge in [-0.05, 0) is 34.7 Å². The molecule has 1 N–H and O–H groups in total. The lowest BCUT2D eigenvalue weighted by Crippen LogP contribution is -2.35. The molecule has 1 atom stereocenters. The Morgan fingerprint density at radius 2 is 1.79 bits per heavy atom. The molecule has 3 aromatic heterocycles. The topological polar surface area (TPSA) is 73.2 Å². The van der Waals surface area contributed by atoms with Gasteiger partial charge >= 0.3 is 0 Å². The maximum atomic E-state index is 13.3. The first-order chi connectivity index (χ1) is 16.6. The number of aromatic nitrogens is 2. The number of thiophene rings is 2. The van der Waals surface area contributed by atoms with Gasteiger partial charge < -0.3 is 10.1 Å². The van der Waals surface area contributed by atoms with Crippen LogP contribution < -0.4 is 15.6 Å². The third-order valence-electron chi connectivity index (χ3n) is 5.55. The van der Waals surface area contributed by atoms with Crippen molar-refractivity contribution in [1.29, 1.82) is 0 Å². The normalized spacial score (nSPS) is 11.9. The second-order valence-corrected chi connectivity index (χ2v) is 9.47. The summed E-state index contributed by atoms with van der Waals surface area (Å²) in [4.78, 5) is 32.5. The maximum absolute atomic E-state index is 13.3. The molecule has 0 saturated heterocycles. The minimum atomic E-state index is -0.366. The molecule has 0 radical (unpaired) electrons. The van der Waals surface area contributed by atoms with Crippen molar-refractivity contribution in [2.24, 2.45) is 0 Å². The molecule has 0 aliphatic rings. The molecular weight excluding hydrogens is 466 g/mol. The molecule has 0 aliphatic carbocycles. The van der Waals surface area contributed by atoms with Gasteiger partial charge in [-0.2, -0.15) is 0 Å². The van der Waals surface area contributed by atoms with E-state index >= 15 is 0 Å². The molecule has 0 spiro atoms. The molecule has 6 nitrogen and oxygen atoms in total. The summed E-state index contributed by atoms with van der Waals surface area (Å²) in [5, 5.41) is 7.56. The van der Waals surface area contributed by atoms with Gasteiger partial charge in [-0.1, -0.05) is 48.5 Å². The zero-order valence-electron chi connectivity index (χ0n) is 18.3. The predicted molar refractivity (Wildman–Crippen MR) is 137 cm³/mol. The predicted octanol–water partition coefficient (Wildman–Crippen LogP) is 5.10. The van der Waals surface area contributed by atoms with Gasteiger partial charge in [0.25, 0.3) is 5.56 Å². The van der Waals surface area contributed by atoms with Crippen LogP contribution in [0.2, 0.25) is 0 Å². The van der Waals surface area contributed by atoms with Crippen LogP contribution in [0.25, 0.3) is 20.7 Å². The highest BCUT2D eigenvalue weighted by molar-refractivity contribution is 7.18. The van der Waals surface area contributed by atoms with Crippen molar-refractivity contribution >= 4 is 38.8 Å². The minimum absolute atomic E-state index is 0.124. The second-order valence-electron chi connectivity index (χ2n) is 7.67. The zero-order chi connectivity index (χ0) is 23.5. The molecule has 0 saturated carbocycles. The van der Waals surface area contributed by atoms with Crippen molar-refractivity contribution in [2.45, 2.75) is 12.6 Å². The van der Waals surface area contributed by atoms with Crippen molar-refractivity contribution in [1.82, 2.24) is 14.9 Å². The molecule has 0 bridgehead atoms. The van der Waals surface area contributed by atoms with Gasteiger partial charge in [0, 0.05) is 15.8 Å². The Bertz CT molecular complexity index is 1470. The Morgan fingerprint density at radius 3 is 2.50 bits per heavy atom. The number of nitrogens with zero attached hydrogens (tertiary/aromatic N) is 2. The lowest BCUT2D eigenvalue weighted by Gasteiger charge is -2.20. The lowest BCUT2D eigenvalue weighted by atomic mass is 9.98. The zero-order valence-corrected chi connectivity index (χ0v) is 19.9. The summed E-state index contributed by atoms with van der Waals surface area (Å²) in [6.45, 7) is -0.124. The first kappa shape index (κ1) is 22.1. The summed E-state index contributed by atoms with van der Waals surface area (Å²) in [7, 11) is 1.62. The van der Waals surface area contributed by atoms with Crippen LogP contribution in [0, 0.1) is 0 Å². The van der Waals surface area contributed by atoms with E-state index in [1.54, 1.807) is 18.4 Å². The van der Waals surface area contributed by atoms with E-state index in [1.165, 1.54) is 22.2 Å². The Morgan fingerprint density at radius 1 is 1.03 bits per heavy atom. The van der Waals surface area contributed by atoms with Crippen molar-refractivity contribution in [2.75, 3.05) is 7.11 Å². The Labute approximate surface area is 204 Å². The number of benzene rings is 2. The average Bonchev–Trinajstić information content (AvgIpc) is 3.55. The fraction of sp³-hybridized carbons (Fsp3) is 0.115. The SMILES string of the molecule is COc1ccc(C(NC(=O)Cn2cnc3scc(-c4cccs4)c3c2=O)c2ccccc2)cc1. The smallest absolute Gasteiger partial charge is 0.263 e. The summed E-state index contributed by atoms with van der Waals surface area (Å²) in [5.74, 6) is 0.464. The maximum Gasteiger partial charge on any atom is 0.263 e. The molecule has 5 aromatic rings. The summed E-state index contributed by atoms with van der Waals surface area (Å²) in [5.41, 5.74) is 2.51. The van der Waals surface area contributed by atoms with Crippen LogP contribution in [-0.4, -0.2) is 22.6 Å². The Kier molecular flexibility index (Phi) is 6.24. The molecule has 34 heavy (non-hydrogen) atoms. The van der Waals surface area contributed by atoms with Crippen LogP contribution in [0.1, 0.15) is 17.2 Å². The summed E-state index contributed by atoms with van der Waals surface area (Å²) in [6, 6.07) is 20.9. The fourth-order valence-electron chi connectivity index (χ4n) is 3.86. The number of rotatable bonds is 7. The molecule has 0 aliphatic heterocycles. The third-order valence-corrected chi connectivity index (χ3v) is 7.34. The van der Waals surface area contributed by atoms with E-state index in [0.717, 1.165) is 27.3 Å². The molecule has 0 fully saturated rings. The molecule has 3 heterocycles. The summed E-state index contributed by atoms with van der Waals surface area (Å²) >= 11 is 3.01. The highest BCUT2D eigenvalue weighted by Gasteiger charge is 2.19. The van der Waals surface area contributed by atoms with Gasteiger partial charge in [0.1, 0.15) is 17.1 Å². The first-order valence-corrected chi connectivity index (χ1v) is 12.4. The van der Waals surface area contributed by atoms with Crippen LogP contribution in [-0.2, 0) is 11.3 Å². The molecule has 1 unspecified atom stereocenters. The number of hydrogen-bond acceptors (Lipinski definition) is 6. The van der Waals surface area contributed by atoms with Gasteiger partial charge in [0.15, 0.2) is 0 Å². The second kappa shape index (κ2) is 9.62. The highest BCUT2D eigenvalue weighted by Crippen LogP contribution is 2.33. The number of nitrogens with one attached hydrogen (secondary N) is 1. The standard InChI is InChI=1S/C26H21N3O3S2/c1-32-19-11-9-18(10-12-19)24(17-6-3-2-4-7-17)28-22(30)14-29-16-27-25-23(26(29)31)20(15-34-25)21-8-5-13-33-21/h2-13,15-16,24H,14H2,1H3,(H,28,30). The highest BCUT2D eigenvalue weighted by atomic mass is 32.1. The van der Waals surface area contributed by atoms with Crippen LogP contribution in [0.5, 0.6) is 5.75 Å². The molecule has 8 heteroatoms. The van der Waals surface area contributed by atoms with Crippen molar-refractivity contribution in [3.8, 4) is 16.2 Å². The number of ether oxygens (including phenoxy) is 1. The van der Waals surface area contributed by atoms with Gasteiger partial charge in [-0.15, -0.1) is 22.7 Å². The van der Waals surface area contributed by atoms with Crippen LogP contribution in [0.4, 0.5) is 0 Å². The number of amides is 1. The molecule has 5 rings (SSSR count). The monoisotopic (exact) mass is 487 g/mol. The van der Waals surface area contributed by atoms with Crippen molar-refractivity contribution in [3.05, 3.63) is 105 Å². The lowest BCUT2D eigenvalue weighted by molar-refractivity contribution is -0.122. The van der Waals surface area contributed by atoms with E-state index in [9.17, 15) is 9.59 Å². The number of carbonyl (C=O) groups is 1. The van der Waals surface area contributed by atoms with E-state index in [1.807, 2.05) is 77.5 Å². The molecular formula is C26H21N3O3S2. The minimum Gasteiger partial charge on any atom is -0.497 e. The van der Waals surface area contributed by atoms with Gasteiger partial charge in [-0.3, -0.25) is 14.2 Å². The van der Waals surface area contributed by atoms with Crippen LogP contribution in [0.15, 0.2) is 88.6 Å². The third kappa shape index (κ3) is 4.37. The van der Waals surface area contributed by atoms with Gasteiger partial charge in [-0.25, -0.2) is 4.98 Å². The van der Waals surface area contributed by atoms with Crippen LogP contribution >= 0.6 is 22.7 Å². The van der Waals surface area contributed by atoms with Crippen molar-refractivity contribution in [3.63, 3.8) is 0 Å². The largest absolute Gasteiger partial charge is 0.497 e. The fourth-order valence-corrected chi connectivity index (χ4v) is 5.58. The van der Waals surface area contributed by atoms with Crippen molar-refractivity contribution < 1.29 is 9.53 Å². The number of hydrogen-bond donors (Lipinski definition) is 1. The van der Waals surface area contributed by atoms with E-state index in [2.05, 4.69) is 10.3 Å². The summed E-state index contributed by atoms with van der Waals surface area (Å²) in [6.07, 6.45) is 1.45. The number of fused-ring (bicyclic) bond motifs is 1. The quantitative estimate of drug-likeness (QED) is 0.347. The van der Waals surface area contributed by atoms with E-state index in [0.29, 0.717) is 10.2 Å². The number of methoxy groups -OCH3 is 1. The average molecular weight is 488 g/mol. The first-order valence-electron chi connectivity index (χ1n) is 10.6.